The van der Waals surface area contributed by atoms with Gasteiger partial charge in [0.05, 0.1) is 26.4 Å². The molecule has 3 rings (SSSR count). The maximum atomic E-state index is 9.44. The maximum Gasteiger partial charge on any atom is 0.228 e. The SMILES string of the molecule is OCC1(COc2ccnc(N3CCOCC3)n2)CCC1. The average molecular weight is 279 g/mol. The van der Waals surface area contributed by atoms with Crippen LogP contribution in [0.5, 0.6) is 5.88 Å². The summed E-state index contributed by atoms with van der Waals surface area (Å²) in [5, 5.41) is 9.44. The van der Waals surface area contributed by atoms with Gasteiger partial charge in [-0.15, -0.1) is 0 Å². The van der Waals surface area contributed by atoms with Crippen molar-refractivity contribution in [3.63, 3.8) is 0 Å². The molecule has 6 heteroatoms. The molecular weight excluding hydrogens is 258 g/mol. The molecule has 1 N–H and O–H groups in total. The standard InChI is InChI=1S/C14H21N3O3/c18-10-14(3-1-4-14)11-20-12-2-5-15-13(16-12)17-6-8-19-9-7-17/h2,5,18H,1,3-4,6-11H2. The minimum Gasteiger partial charge on any atom is -0.477 e. The molecular formula is C14H21N3O3. The fourth-order valence-electron chi connectivity index (χ4n) is 2.58. The van der Waals surface area contributed by atoms with Gasteiger partial charge < -0.3 is 19.5 Å². The molecule has 2 fully saturated rings. The normalized spacial score (nSPS) is 21.4. The van der Waals surface area contributed by atoms with Gasteiger partial charge >= 0.3 is 0 Å². The number of aliphatic hydroxyl groups excluding tert-OH is 1. The van der Waals surface area contributed by atoms with Crippen LogP contribution in [0.1, 0.15) is 19.3 Å². The minimum atomic E-state index is -0.0515. The van der Waals surface area contributed by atoms with Crippen molar-refractivity contribution in [3.8, 4) is 5.88 Å². The highest BCUT2D eigenvalue weighted by Crippen LogP contribution is 2.40. The minimum absolute atomic E-state index is 0.0515. The van der Waals surface area contributed by atoms with Gasteiger partial charge in [-0.1, -0.05) is 6.42 Å². The molecule has 1 aliphatic heterocycles. The molecule has 6 nitrogen and oxygen atoms in total. The monoisotopic (exact) mass is 279 g/mol. The van der Waals surface area contributed by atoms with Gasteiger partial charge in [0.1, 0.15) is 0 Å². The van der Waals surface area contributed by atoms with Crippen LogP contribution in [0.25, 0.3) is 0 Å². The molecule has 2 heterocycles. The number of rotatable bonds is 5. The molecule has 1 aromatic rings. The van der Waals surface area contributed by atoms with E-state index in [9.17, 15) is 5.11 Å². The van der Waals surface area contributed by atoms with Crippen LogP contribution in [0.15, 0.2) is 12.3 Å². The molecule has 20 heavy (non-hydrogen) atoms. The van der Waals surface area contributed by atoms with E-state index in [4.69, 9.17) is 9.47 Å². The van der Waals surface area contributed by atoms with Gasteiger partial charge in [0.2, 0.25) is 11.8 Å². The number of hydrogen-bond donors (Lipinski definition) is 1. The van der Waals surface area contributed by atoms with Gasteiger partial charge in [0, 0.05) is 30.8 Å². The first-order valence-electron chi connectivity index (χ1n) is 7.21. The fraction of sp³-hybridized carbons (Fsp3) is 0.714. The third kappa shape index (κ3) is 2.86. The molecule has 0 bridgehead atoms. The Bertz CT molecular complexity index is 440. The summed E-state index contributed by atoms with van der Waals surface area (Å²) < 4.78 is 11.1. The lowest BCUT2D eigenvalue weighted by Crippen LogP contribution is -2.39. The van der Waals surface area contributed by atoms with Gasteiger partial charge in [-0.05, 0) is 12.8 Å². The second-order valence-corrected chi connectivity index (χ2v) is 5.59. The van der Waals surface area contributed by atoms with Crippen molar-refractivity contribution in [1.82, 2.24) is 9.97 Å². The van der Waals surface area contributed by atoms with Crippen LogP contribution < -0.4 is 9.64 Å². The van der Waals surface area contributed by atoms with E-state index in [2.05, 4.69) is 14.9 Å². The van der Waals surface area contributed by atoms with Gasteiger partial charge in [-0.3, -0.25) is 0 Å². The van der Waals surface area contributed by atoms with Crippen molar-refractivity contribution in [2.75, 3.05) is 44.4 Å². The van der Waals surface area contributed by atoms with E-state index in [1.165, 1.54) is 6.42 Å². The first kappa shape index (κ1) is 13.6. The number of aliphatic hydroxyl groups is 1. The quantitative estimate of drug-likeness (QED) is 0.862. The van der Waals surface area contributed by atoms with Crippen LogP contribution in [-0.4, -0.2) is 54.6 Å². The van der Waals surface area contributed by atoms with Gasteiger partial charge in [-0.25, -0.2) is 4.98 Å². The molecule has 0 amide bonds. The zero-order valence-electron chi connectivity index (χ0n) is 11.6. The van der Waals surface area contributed by atoms with Crippen molar-refractivity contribution in [1.29, 1.82) is 0 Å². The van der Waals surface area contributed by atoms with Crippen LogP contribution in [0, 0.1) is 5.41 Å². The highest BCUT2D eigenvalue weighted by atomic mass is 16.5. The Kier molecular flexibility index (Phi) is 4.03. The Morgan fingerprint density at radius 3 is 2.80 bits per heavy atom. The molecule has 0 atom stereocenters. The van der Waals surface area contributed by atoms with E-state index in [0.717, 1.165) is 25.9 Å². The number of ether oxygens (including phenoxy) is 2. The van der Waals surface area contributed by atoms with Crippen LogP contribution in [-0.2, 0) is 4.74 Å². The molecule has 110 valence electrons. The molecule has 1 aromatic heterocycles. The zero-order valence-corrected chi connectivity index (χ0v) is 11.6. The van der Waals surface area contributed by atoms with E-state index in [1.54, 1.807) is 12.3 Å². The number of morpholine rings is 1. The predicted octanol–water partition coefficient (Wildman–Crippen LogP) is 0.855. The summed E-state index contributed by atoms with van der Waals surface area (Å²) in [5.41, 5.74) is -0.0515. The predicted molar refractivity (Wildman–Crippen MR) is 73.9 cm³/mol. The van der Waals surface area contributed by atoms with E-state index in [-0.39, 0.29) is 12.0 Å². The maximum absolute atomic E-state index is 9.44. The summed E-state index contributed by atoms with van der Waals surface area (Å²) in [6.45, 7) is 3.76. The summed E-state index contributed by atoms with van der Waals surface area (Å²) >= 11 is 0. The summed E-state index contributed by atoms with van der Waals surface area (Å²) in [6.07, 6.45) is 4.96. The van der Waals surface area contributed by atoms with Crippen molar-refractivity contribution < 1.29 is 14.6 Å². The third-order valence-electron chi connectivity index (χ3n) is 4.19. The first-order chi connectivity index (χ1) is 9.81. The van der Waals surface area contributed by atoms with E-state index in [1.807, 2.05) is 0 Å². The first-order valence-corrected chi connectivity index (χ1v) is 7.21. The van der Waals surface area contributed by atoms with E-state index >= 15 is 0 Å². The molecule has 0 radical (unpaired) electrons. The molecule has 0 spiro atoms. The van der Waals surface area contributed by atoms with Crippen LogP contribution in [0.3, 0.4) is 0 Å². The Hall–Kier alpha value is -1.40. The Balaban J connectivity index is 1.62. The van der Waals surface area contributed by atoms with Crippen molar-refractivity contribution in [2.24, 2.45) is 5.41 Å². The van der Waals surface area contributed by atoms with Crippen LogP contribution >= 0.6 is 0 Å². The number of hydrogen-bond acceptors (Lipinski definition) is 6. The molecule has 1 saturated carbocycles. The highest BCUT2D eigenvalue weighted by Gasteiger charge is 2.37. The lowest BCUT2D eigenvalue weighted by molar-refractivity contribution is -0.00129. The lowest BCUT2D eigenvalue weighted by Gasteiger charge is -2.39. The Morgan fingerprint density at radius 1 is 1.35 bits per heavy atom. The summed E-state index contributed by atoms with van der Waals surface area (Å²) in [7, 11) is 0. The lowest BCUT2D eigenvalue weighted by atomic mass is 9.70. The number of aromatic nitrogens is 2. The van der Waals surface area contributed by atoms with Crippen LogP contribution in [0.4, 0.5) is 5.95 Å². The topological polar surface area (TPSA) is 67.7 Å². The average Bonchev–Trinajstić information content (AvgIpc) is 2.48. The van der Waals surface area contributed by atoms with Crippen LogP contribution in [0.2, 0.25) is 0 Å². The van der Waals surface area contributed by atoms with Crippen molar-refractivity contribution in [3.05, 3.63) is 12.3 Å². The second-order valence-electron chi connectivity index (χ2n) is 5.59. The van der Waals surface area contributed by atoms with E-state index < -0.39 is 0 Å². The van der Waals surface area contributed by atoms with Crippen molar-refractivity contribution in [2.45, 2.75) is 19.3 Å². The highest BCUT2D eigenvalue weighted by molar-refractivity contribution is 5.32. The van der Waals surface area contributed by atoms with Crippen molar-refractivity contribution >= 4 is 5.95 Å². The third-order valence-corrected chi connectivity index (χ3v) is 4.19. The van der Waals surface area contributed by atoms with Gasteiger partial charge in [0.15, 0.2) is 0 Å². The number of anilines is 1. The van der Waals surface area contributed by atoms with Gasteiger partial charge in [0.25, 0.3) is 0 Å². The number of nitrogens with zero attached hydrogens (tertiary/aromatic N) is 3. The summed E-state index contributed by atoms with van der Waals surface area (Å²) in [6, 6.07) is 1.77. The molecule has 0 unspecified atom stereocenters. The summed E-state index contributed by atoms with van der Waals surface area (Å²) in [4.78, 5) is 10.8. The smallest absolute Gasteiger partial charge is 0.228 e. The Labute approximate surface area is 118 Å². The van der Waals surface area contributed by atoms with Gasteiger partial charge in [-0.2, -0.15) is 4.98 Å². The molecule has 2 aliphatic rings. The molecule has 1 aliphatic carbocycles. The fourth-order valence-corrected chi connectivity index (χ4v) is 2.58. The molecule has 1 saturated heterocycles. The largest absolute Gasteiger partial charge is 0.477 e. The Morgan fingerprint density at radius 2 is 2.15 bits per heavy atom. The zero-order chi connectivity index (χ0) is 13.8. The molecule has 0 aromatic carbocycles. The summed E-state index contributed by atoms with van der Waals surface area (Å²) in [5.74, 6) is 1.28. The second kappa shape index (κ2) is 5.93. The van der Waals surface area contributed by atoms with E-state index in [0.29, 0.717) is 31.6 Å².